The van der Waals surface area contributed by atoms with Crippen molar-refractivity contribution in [1.29, 1.82) is 0 Å². The number of urea groups is 1. The number of carbonyl (C=O) groups is 2. The monoisotopic (exact) mass is 428 g/mol. The predicted octanol–water partition coefficient (Wildman–Crippen LogP) is 4.97. The van der Waals surface area contributed by atoms with Crippen LogP contribution in [-0.2, 0) is 4.79 Å². The molecular weight excluding hydrogens is 400 g/mol. The maximum atomic E-state index is 11.9. The molecule has 1 aromatic carbocycles. The van der Waals surface area contributed by atoms with Crippen LogP contribution in [0.4, 0.5) is 10.5 Å². The SMILES string of the molecule is CCCCNC(=O)NSc1cccc2c3cccc(NC(C)C)c3nc-2c1.O=CO. The molecule has 7 nitrogen and oxygen atoms in total. The number of anilines is 1. The van der Waals surface area contributed by atoms with E-state index >= 15 is 0 Å². The molecule has 2 amide bonds. The molecule has 0 atom stereocenters. The normalized spacial score (nSPS) is 10.4. The fourth-order valence-electron chi connectivity index (χ4n) is 2.92. The van der Waals surface area contributed by atoms with Gasteiger partial charge in [-0.3, -0.25) is 9.52 Å². The zero-order valence-electron chi connectivity index (χ0n) is 17.4. The minimum Gasteiger partial charge on any atom is -0.483 e. The summed E-state index contributed by atoms with van der Waals surface area (Å²) in [5.74, 6) is 0. The van der Waals surface area contributed by atoms with Crippen LogP contribution in [0, 0.1) is 0 Å². The molecule has 4 N–H and O–H groups in total. The summed E-state index contributed by atoms with van der Waals surface area (Å²) in [5, 5.41) is 14.3. The highest BCUT2D eigenvalue weighted by molar-refractivity contribution is 7.98. The van der Waals surface area contributed by atoms with Gasteiger partial charge in [0.1, 0.15) is 0 Å². The largest absolute Gasteiger partial charge is 0.483 e. The van der Waals surface area contributed by atoms with Crippen LogP contribution >= 0.6 is 11.9 Å². The number of carboxylic acid groups (broad SMARTS) is 1. The number of hydrogen-bond acceptors (Lipinski definition) is 5. The summed E-state index contributed by atoms with van der Waals surface area (Å²) in [5.41, 5.74) is 4.05. The molecule has 0 fully saturated rings. The summed E-state index contributed by atoms with van der Waals surface area (Å²) in [6, 6.07) is 14.5. The van der Waals surface area contributed by atoms with E-state index in [-0.39, 0.29) is 12.5 Å². The number of aromatic nitrogens is 1. The molecule has 0 unspecified atom stereocenters. The summed E-state index contributed by atoms with van der Waals surface area (Å²) in [6.45, 7) is 6.78. The first kappa shape index (κ1) is 23.3. The molecule has 1 heterocycles. The van der Waals surface area contributed by atoms with Gasteiger partial charge in [-0.25, -0.2) is 9.78 Å². The van der Waals surface area contributed by atoms with Crippen LogP contribution in [0.2, 0.25) is 0 Å². The lowest BCUT2D eigenvalue weighted by atomic mass is 10.1. The molecule has 0 radical (unpaired) electrons. The molecule has 0 saturated carbocycles. The van der Waals surface area contributed by atoms with Gasteiger partial charge in [-0.1, -0.05) is 37.6 Å². The average molecular weight is 429 g/mol. The Morgan fingerprint density at radius 2 is 1.97 bits per heavy atom. The fourth-order valence-corrected chi connectivity index (χ4v) is 3.52. The Morgan fingerprint density at radius 1 is 1.23 bits per heavy atom. The van der Waals surface area contributed by atoms with Crippen LogP contribution in [0.25, 0.3) is 22.2 Å². The fraction of sp³-hybridized carbons (Fsp3) is 0.318. The Kier molecular flexibility index (Phi) is 9.21. The van der Waals surface area contributed by atoms with Gasteiger partial charge in [-0.2, -0.15) is 0 Å². The van der Waals surface area contributed by atoms with Gasteiger partial charge in [0.2, 0.25) is 0 Å². The Hall–Kier alpha value is -3.00. The van der Waals surface area contributed by atoms with Crippen molar-refractivity contribution in [2.75, 3.05) is 11.9 Å². The summed E-state index contributed by atoms with van der Waals surface area (Å²) < 4.78 is 2.83. The highest BCUT2D eigenvalue weighted by Gasteiger charge is 2.14. The molecule has 0 bridgehead atoms. The summed E-state index contributed by atoms with van der Waals surface area (Å²) in [7, 11) is 0. The van der Waals surface area contributed by atoms with E-state index in [1.807, 2.05) is 18.2 Å². The molecule has 1 aliphatic heterocycles. The van der Waals surface area contributed by atoms with Gasteiger partial charge in [0.25, 0.3) is 6.47 Å². The summed E-state index contributed by atoms with van der Waals surface area (Å²) >= 11 is 1.30. The standard InChI is InChI=1S/C21H26N4OS.CH2O2/c1-4-5-12-22-21(26)25-27-15-8-6-9-16-17-10-7-11-18(23-14(2)3)20(17)24-19(16)13-15;2-1-3/h6-11,13-14,23H,4-5,12H2,1-3H3,(H2,22,25,26);1H,(H,2,3). The molecule has 3 rings (SSSR count). The van der Waals surface area contributed by atoms with E-state index in [1.54, 1.807) is 0 Å². The molecule has 1 aromatic rings. The molecule has 2 aliphatic rings. The number of nitrogens with zero attached hydrogens (tertiary/aromatic N) is 1. The van der Waals surface area contributed by atoms with Gasteiger partial charge < -0.3 is 15.7 Å². The van der Waals surface area contributed by atoms with Gasteiger partial charge in [0, 0.05) is 28.4 Å². The van der Waals surface area contributed by atoms with E-state index in [0.29, 0.717) is 12.6 Å². The topological polar surface area (TPSA) is 103 Å². The van der Waals surface area contributed by atoms with Crippen LogP contribution in [-0.4, -0.2) is 35.2 Å². The Morgan fingerprint density at radius 3 is 2.67 bits per heavy atom. The van der Waals surface area contributed by atoms with E-state index in [4.69, 9.17) is 14.9 Å². The van der Waals surface area contributed by atoms with Crippen molar-refractivity contribution in [1.82, 2.24) is 15.0 Å². The van der Waals surface area contributed by atoms with Gasteiger partial charge in [0.05, 0.1) is 16.9 Å². The number of unbranched alkanes of at least 4 members (excludes halogenated alkanes) is 1. The second-order valence-corrected chi connectivity index (χ2v) is 7.78. The third-order valence-electron chi connectivity index (χ3n) is 4.16. The van der Waals surface area contributed by atoms with E-state index in [0.717, 1.165) is 45.6 Å². The lowest BCUT2D eigenvalue weighted by Crippen LogP contribution is -2.31. The number of rotatable bonds is 7. The van der Waals surface area contributed by atoms with Gasteiger partial charge in [0.15, 0.2) is 0 Å². The van der Waals surface area contributed by atoms with Gasteiger partial charge in [-0.15, -0.1) is 0 Å². The van der Waals surface area contributed by atoms with Crippen molar-refractivity contribution in [2.24, 2.45) is 0 Å². The van der Waals surface area contributed by atoms with E-state index in [1.165, 1.54) is 11.9 Å². The maximum Gasteiger partial charge on any atom is 0.325 e. The van der Waals surface area contributed by atoms with Crippen molar-refractivity contribution in [2.45, 2.75) is 44.6 Å². The Bertz CT molecular complexity index is 949. The molecule has 0 aromatic heterocycles. The van der Waals surface area contributed by atoms with Crippen LogP contribution < -0.4 is 15.4 Å². The second kappa shape index (κ2) is 11.9. The lowest BCUT2D eigenvalue weighted by Gasteiger charge is -2.10. The minimum atomic E-state index is -0.250. The van der Waals surface area contributed by atoms with E-state index in [2.05, 4.69) is 60.4 Å². The molecule has 30 heavy (non-hydrogen) atoms. The Balaban J connectivity index is 0.00000101. The molecule has 8 heteroatoms. The highest BCUT2D eigenvalue weighted by Crippen LogP contribution is 2.35. The highest BCUT2D eigenvalue weighted by atomic mass is 32.2. The number of benzene rings is 1. The Labute approximate surface area is 181 Å². The van der Waals surface area contributed by atoms with Gasteiger partial charge >= 0.3 is 6.03 Å². The maximum absolute atomic E-state index is 11.9. The quantitative estimate of drug-likeness (QED) is 0.241. The number of para-hydroxylation sites is 1. The minimum absolute atomic E-state index is 0.166. The van der Waals surface area contributed by atoms with Crippen molar-refractivity contribution in [3.8, 4) is 11.3 Å². The van der Waals surface area contributed by atoms with Gasteiger partial charge in [-0.05, 0) is 50.4 Å². The molecular formula is C22H28N4O3S. The number of hydrogen-bond donors (Lipinski definition) is 4. The van der Waals surface area contributed by atoms with Crippen molar-refractivity contribution in [3.05, 3.63) is 42.5 Å². The number of nitrogens with one attached hydrogen (secondary N) is 3. The number of carbonyl (C=O) groups excluding carboxylic acids is 1. The molecule has 1 aliphatic carbocycles. The molecule has 160 valence electrons. The molecule has 0 spiro atoms. The third kappa shape index (κ3) is 6.52. The van der Waals surface area contributed by atoms with Crippen LogP contribution in [0.5, 0.6) is 0 Å². The first-order valence-electron chi connectivity index (χ1n) is 9.87. The third-order valence-corrected chi connectivity index (χ3v) is 4.94. The first-order chi connectivity index (χ1) is 14.5. The zero-order chi connectivity index (χ0) is 21.9. The zero-order valence-corrected chi connectivity index (χ0v) is 18.3. The molecule has 0 saturated heterocycles. The van der Waals surface area contributed by atoms with Crippen molar-refractivity contribution in [3.63, 3.8) is 0 Å². The van der Waals surface area contributed by atoms with Crippen LogP contribution in [0.15, 0.2) is 47.4 Å². The summed E-state index contributed by atoms with van der Waals surface area (Å²) in [4.78, 5) is 26.0. The van der Waals surface area contributed by atoms with Crippen LogP contribution in [0.3, 0.4) is 0 Å². The smallest absolute Gasteiger partial charge is 0.325 e. The number of amides is 2. The van der Waals surface area contributed by atoms with Crippen molar-refractivity contribution < 1.29 is 14.7 Å². The second-order valence-electron chi connectivity index (χ2n) is 6.90. The van der Waals surface area contributed by atoms with E-state index < -0.39 is 0 Å². The van der Waals surface area contributed by atoms with Crippen molar-refractivity contribution >= 4 is 41.0 Å². The lowest BCUT2D eigenvalue weighted by molar-refractivity contribution is -0.122. The van der Waals surface area contributed by atoms with Crippen LogP contribution in [0.1, 0.15) is 33.6 Å². The number of fused-ring (bicyclic) bond motifs is 3. The predicted molar refractivity (Wildman–Crippen MR) is 123 cm³/mol. The van der Waals surface area contributed by atoms with E-state index in [9.17, 15) is 4.79 Å². The average Bonchev–Trinajstić information content (AvgIpc) is 2.92. The summed E-state index contributed by atoms with van der Waals surface area (Å²) in [6.07, 6.45) is 2.04. The first-order valence-corrected chi connectivity index (χ1v) is 10.7.